The summed E-state index contributed by atoms with van der Waals surface area (Å²) >= 11 is 0. The maximum Gasteiger partial charge on any atom is 0.254 e. The van der Waals surface area contributed by atoms with Crippen molar-refractivity contribution in [3.8, 4) is 0 Å². The monoisotopic (exact) mass is 351 g/mol. The zero-order chi connectivity index (χ0) is 18.7. The second-order valence-electron chi connectivity index (χ2n) is 6.06. The third-order valence-electron chi connectivity index (χ3n) is 4.18. The van der Waals surface area contributed by atoms with Gasteiger partial charge < -0.3 is 16.4 Å². The van der Waals surface area contributed by atoms with Crippen LogP contribution >= 0.6 is 0 Å². The lowest BCUT2D eigenvalue weighted by Gasteiger charge is -2.13. The number of rotatable bonds is 6. The van der Waals surface area contributed by atoms with Crippen LogP contribution in [0, 0.1) is 13.8 Å². The highest BCUT2D eigenvalue weighted by Gasteiger charge is 2.13. The minimum Gasteiger partial charge on any atom is -0.365 e. The van der Waals surface area contributed by atoms with Gasteiger partial charge in [-0.3, -0.25) is 9.48 Å². The maximum atomic E-state index is 11.7. The second kappa shape index (κ2) is 7.22. The van der Waals surface area contributed by atoms with E-state index in [-0.39, 0.29) is 5.56 Å². The Morgan fingerprint density at radius 1 is 1.27 bits per heavy atom. The molecule has 0 radical (unpaired) electrons. The lowest BCUT2D eigenvalue weighted by Crippen LogP contribution is -2.17. The molecule has 0 bridgehead atoms. The molecule has 3 aromatic rings. The molecule has 2 aromatic heterocycles. The Balaban J connectivity index is 1.84. The number of benzene rings is 1. The Bertz CT molecular complexity index is 948. The van der Waals surface area contributed by atoms with E-state index in [0.29, 0.717) is 18.3 Å². The first kappa shape index (κ1) is 17.4. The molecule has 134 valence electrons. The minimum atomic E-state index is -0.582. The minimum absolute atomic E-state index is 0.243. The van der Waals surface area contributed by atoms with Gasteiger partial charge in [-0.05, 0) is 30.5 Å². The molecule has 0 spiro atoms. The summed E-state index contributed by atoms with van der Waals surface area (Å²) < 4.78 is 1.67. The van der Waals surface area contributed by atoms with E-state index >= 15 is 0 Å². The zero-order valence-electron chi connectivity index (χ0n) is 14.9. The van der Waals surface area contributed by atoms with Crippen molar-refractivity contribution in [2.75, 3.05) is 10.6 Å². The molecule has 3 rings (SSSR count). The normalized spacial score (nSPS) is 10.6. The van der Waals surface area contributed by atoms with Crippen molar-refractivity contribution < 1.29 is 4.79 Å². The molecule has 0 saturated heterocycles. The number of hydrogen-bond acceptors (Lipinski definition) is 6. The molecule has 1 aromatic carbocycles. The van der Waals surface area contributed by atoms with Gasteiger partial charge in [-0.25, -0.2) is 4.98 Å². The summed E-state index contributed by atoms with van der Waals surface area (Å²) in [5.41, 5.74) is 9.98. The van der Waals surface area contributed by atoms with Gasteiger partial charge in [-0.15, -0.1) is 0 Å². The van der Waals surface area contributed by atoms with Gasteiger partial charge >= 0.3 is 0 Å². The van der Waals surface area contributed by atoms with E-state index in [9.17, 15) is 4.79 Å². The third kappa shape index (κ3) is 3.80. The summed E-state index contributed by atoms with van der Waals surface area (Å²) in [6, 6.07) is 6.10. The standard InChI is InChI=1S/C18H21N7O/c1-11-5-4-6-13(12(11)2)7-20-17-15(16(19)26)9-21-18(24-17)23-14-8-22-25(3)10-14/h4-6,8-10H,7H2,1-3H3,(H2,19,26)(H2,20,21,23,24). The van der Waals surface area contributed by atoms with Gasteiger partial charge in [0.15, 0.2) is 0 Å². The second-order valence-corrected chi connectivity index (χ2v) is 6.06. The Hall–Kier alpha value is -3.42. The van der Waals surface area contributed by atoms with Crippen LogP contribution in [0.2, 0.25) is 0 Å². The average Bonchev–Trinajstić information content (AvgIpc) is 3.01. The fraction of sp³-hybridized carbons (Fsp3) is 0.222. The Morgan fingerprint density at radius 3 is 2.77 bits per heavy atom. The number of nitrogens with one attached hydrogen (secondary N) is 2. The first-order valence-corrected chi connectivity index (χ1v) is 8.15. The maximum absolute atomic E-state index is 11.7. The number of carbonyl (C=O) groups excluding carboxylic acids is 1. The van der Waals surface area contributed by atoms with Crippen LogP contribution in [0.3, 0.4) is 0 Å². The number of hydrogen-bond donors (Lipinski definition) is 3. The molecular formula is C18H21N7O. The van der Waals surface area contributed by atoms with E-state index in [1.165, 1.54) is 17.3 Å². The summed E-state index contributed by atoms with van der Waals surface area (Å²) in [5.74, 6) is 0.160. The van der Waals surface area contributed by atoms with Crippen LogP contribution < -0.4 is 16.4 Å². The number of nitrogens with zero attached hydrogens (tertiary/aromatic N) is 4. The summed E-state index contributed by atoms with van der Waals surface area (Å²) in [6.07, 6.45) is 4.88. The topological polar surface area (TPSA) is 111 Å². The highest BCUT2D eigenvalue weighted by Crippen LogP contribution is 2.19. The number of amides is 1. The van der Waals surface area contributed by atoms with Crippen LogP contribution in [-0.4, -0.2) is 25.7 Å². The number of aryl methyl sites for hydroxylation is 2. The number of aromatic nitrogens is 4. The summed E-state index contributed by atoms with van der Waals surface area (Å²) in [5, 5.41) is 10.3. The van der Waals surface area contributed by atoms with Gasteiger partial charge in [0.05, 0.1) is 17.4 Å². The van der Waals surface area contributed by atoms with Crippen molar-refractivity contribution in [3.05, 3.63) is 59.0 Å². The number of anilines is 3. The molecule has 2 heterocycles. The molecular weight excluding hydrogens is 330 g/mol. The van der Waals surface area contributed by atoms with Crippen LogP contribution in [0.5, 0.6) is 0 Å². The molecule has 4 N–H and O–H groups in total. The SMILES string of the molecule is Cc1cccc(CNc2nc(Nc3cnn(C)c3)ncc2C(N)=O)c1C. The Kier molecular flexibility index (Phi) is 4.83. The zero-order valence-corrected chi connectivity index (χ0v) is 14.9. The van der Waals surface area contributed by atoms with E-state index in [0.717, 1.165) is 11.3 Å². The van der Waals surface area contributed by atoms with Crippen LogP contribution in [-0.2, 0) is 13.6 Å². The summed E-state index contributed by atoms with van der Waals surface area (Å²) in [4.78, 5) is 20.2. The summed E-state index contributed by atoms with van der Waals surface area (Å²) in [6.45, 7) is 4.65. The predicted octanol–water partition coefficient (Wildman–Crippen LogP) is 2.28. The lowest BCUT2D eigenvalue weighted by molar-refractivity contribution is 0.100. The van der Waals surface area contributed by atoms with Gasteiger partial charge in [-0.1, -0.05) is 18.2 Å². The molecule has 0 saturated carbocycles. The van der Waals surface area contributed by atoms with Crippen LogP contribution in [0.4, 0.5) is 17.5 Å². The van der Waals surface area contributed by atoms with Gasteiger partial charge in [0.1, 0.15) is 5.82 Å². The smallest absolute Gasteiger partial charge is 0.254 e. The van der Waals surface area contributed by atoms with Gasteiger partial charge in [-0.2, -0.15) is 10.1 Å². The van der Waals surface area contributed by atoms with Gasteiger partial charge in [0, 0.05) is 26.0 Å². The number of nitrogens with two attached hydrogens (primary N) is 1. The predicted molar refractivity (Wildman–Crippen MR) is 100 cm³/mol. The van der Waals surface area contributed by atoms with Crippen molar-refractivity contribution in [2.45, 2.75) is 20.4 Å². The van der Waals surface area contributed by atoms with Crippen LogP contribution in [0.15, 0.2) is 36.8 Å². The Labute approximate surface area is 151 Å². The molecule has 0 aliphatic rings. The van der Waals surface area contributed by atoms with E-state index in [2.05, 4.69) is 45.6 Å². The first-order valence-electron chi connectivity index (χ1n) is 8.15. The first-order chi connectivity index (χ1) is 12.4. The molecule has 0 unspecified atom stereocenters. The third-order valence-corrected chi connectivity index (χ3v) is 4.18. The van der Waals surface area contributed by atoms with Gasteiger partial charge in [0.25, 0.3) is 5.91 Å². The van der Waals surface area contributed by atoms with Crippen molar-refractivity contribution in [3.63, 3.8) is 0 Å². The largest absolute Gasteiger partial charge is 0.365 e. The van der Waals surface area contributed by atoms with Crippen molar-refractivity contribution in [2.24, 2.45) is 12.8 Å². The molecule has 0 atom stereocenters. The van der Waals surface area contributed by atoms with E-state index in [1.807, 2.05) is 19.2 Å². The van der Waals surface area contributed by atoms with E-state index in [1.54, 1.807) is 17.1 Å². The van der Waals surface area contributed by atoms with Crippen molar-refractivity contribution in [1.29, 1.82) is 0 Å². The number of primary amides is 1. The Morgan fingerprint density at radius 2 is 2.08 bits per heavy atom. The highest BCUT2D eigenvalue weighted by atomic mass is 16.1. The molecule has 26 heavy (non-hydrogen) atoms. The lowest BCUT2D eigenvalue weighted by atomic mass is 10.0. The quantitative estimate of drug-likeness (QED) is 0.628. The molecule has 0 aliphatic heterocycles. The fourth-order valence-corrected chi connectivity index (χ4v) is 2.55. The number of carbonyl (C=O) groups is 1. The van der Waals surface area contributed by atoms with Crippen molar-refractivity contribution in [1.82, 2.24) is 19.7 Å². The van der Waals surface area contributed by atoms with Crippen LogP contribution in [0.1, 0.15) is 27.0 Å². The molecule has 0 aliphatic carbocycles. The van der Waals surface area contributed by atoms with Gasteiger partial charge in [0.2, 0.25) is 5.95 Å². The van der Waals surface area contributed by atoms with E-state index < -0.39 is 5.91 Å². The highest BCUT2D eigenvalue weighted by molar-refractivity contribution is 5.97. The molecule has 1 amide bonds. The van der Waals surface area contributed by atoms with Crippen molar-refractivity contribution >= 4 is 23.4 Å². The average molecular weight is 351 g/mol. The van der Waals surface area contributed by atoms with Crippen LogP contribution in [0.25, 0.3) is 0 Å². The molecule has 0 fully saturated rings. The molecule has 8 heteroatoms. The molecule has 8 nitrogen and oxygen atoms in total. The fourth-order valence-electron chi connectivity index (χ4n) is 2.55. The van der Waals surface area contributed by atoms with E-state index in [4.69, 9.17) is 5.73 Å². The summed E-state index contributed by atoms with van der Waals surface area (Å²) in [7, 11) is 1.82.